The minimum absolute atomic E-state index is 0.0758. The molecule has 0 saturated carbocycles. The van der Waals surface area contributed by atoms with E-state index in [0.717, 1.165) is 11.1 Å². The number of carbonyl (C=O) groups excluding carboxylic acids is 1. The van der Waals surface area contributed by atoms with Crippen molar-refractivity contribution in [1.29, 1.82) is 0 Å². The molecule has 0 atom stereocenters. The third-order valence-electron chi connectivity index (χ3n) is 4.03. The van der Waals surface area contributed by atoms with E-state index in [1.54, 1.807) is 32.9 Å². The van der Waals surface area contributed by atoms with Crippen molar-refractivity contribution in [3.05, 3.63) is 75.9 Å². The first-order chi connectivity index (χ1) is 12.2. The summed E-state index contributed by atoms with van der Waals surface area (Å²) in [7, 11) is 0. The Kier molecular flexibility index (Phi) is 4.97. The lowest BCUT2D eigenvalue weighted by molar-refractivity contribution is -0.152. The zero-order chi connectivity index (χ0) is 18.9. The summed E-state index contributed by atoms with van der Waals surface area (Å²) in [6.45, 7) is 6.36. The number of hydrogen-bond acceptors (Lipinski definition) is 4. The van der Waals surface area contributed by atoms with Gasteiger partial charge < -0.3 is 14.7 Å². The molecule has 0 aliphatic carbocycles. The highest BCUT2D eigenvalue weighted by atomic mass is 35.5. The van der Waals surface area contributed by atoms with Gasteiger partial charge in [0.2, 0.25) is 0 Å². The number of hydrogen-bond donors (Lipinski definition) is 1. The van der Waals surface area contributed by atoms with Gasteiger partial charge in [0.05, 0.1) is 0 Å². The molecule has 0 spiro atoms. The quantitative estimate of drug-likeness (QED) is 0.777. The zero-order valence-corrected chi connectivity index (χ0v) is 15.9. The highest BCUT2D eigenvalue weighted by Crippen LogP contribution is 2.34. The minimum atomic E-state index is -0.650. The van der Waals surface area contributed by atoms with E-state index in [4.69, 9.17) is 16.3 Å². The van der Waals surface area contributed by atoms with Crippen LogP contribution in [0.5, 0.6) is 0 Å². The van der Waals surface area contributed by atoms with E-state index in [0.29, 0.717) is 23.7 Å². The Hall–Kier alpha value is -2.46. The predicted octanol–water partition coefficient (Wildman–Crippen LogP) is 4.92. The second-order valence-electron chi connectivity index (χ2n) is 7.34. The number of halogens is 1. The van der Waals surface area contributed by atoms with Gasteiger partial charge in [-0.3, -0.25) is 0 Å². The van der Waals surface area contributed by atoms with Gasteiger partial charge in [0.15, 0.2) is 11.5 Å². The molecule has 2 aromatic carbocycles. The van der Waals surface area contributed by atoms with Crippen LogP contribution in [0.15, 0.2) is 54.2 Å². The van der Waals surface area contributed by atoms with E-state index in [2.05, 4.69) is 0 Å². The number of carbonyl (C=O) groups is 1. The summed E-state index contributed by atoms with van der Waals surface area (Å²) in [6, 6.07) is 15.1. The van der Waals surface area contributed by atoms with Crippen molar-refractivity contribution in [2.24, 2.45) is 0 Å². The van der Waals surface area contributed by atoms with Gasteiger partial charge in [-0.25, -0.2) is 4.79 Å². The van der Waals surface area contributed by atoms with Gasteiger partial charge in [0, 0.05) is 23.7 Å². The first-order valence-corrected chi connectivity index (χ1v) is 8.86. The molecule has 0 amide bonds. The molecule has 3 rings (SSSR count). The van der Waals surface area contributed by atoms with Crippen LogP contribution in [0.1, 0.15) is 37.5 Å². The number of fused-ring (bicyclic) bond motifs is 1. The van der Waals surface area contributed by atoms with Crippen molar-refractivity contribution in [3.63, 3.8) is 0 Å². The van der Waals surface area contributed by atoms with Gasteiger partial charge in [0.25, 0.3) is 0 Å². The molecule has 0 fully saturated rings. The maximum absolute atomic E-state index is 12.8. The number of esters is 1. The molecule has 4 nitrogen and oxygen atoms in total. The Morgan fingerprint density at radius 2 is 1.88 bits per heavy atom. The Morgan fingerprint density at radius 3 is 2.54 bits per heavy atom. The molecule has 0 aromatic heterocycles. The normalized spacial score (nSPS) is 14.2. The molecule has 0 radical (unpaired) electrons. The van der Waals surface area contributed by atoms with Crippen LogP contribution >= 0.6 is 11.6 Å². The summed E-state index contributed by atoms with van der Waals surface area (Å²) < 4.78 is 5.53. The first kappa shape index (κ1) is 18.3. The third-order valence-corrected chi connectivity index (χ3v) is 4.27. The fourth-order valence-corrected chi connectivity index (χ4v) is 3.17. The lowest BCUT2D eigenvalue weighted by atomic mass is 9.98. The van der Waals surface area contributed by atoms with E-state index >= 15 is 0 Å². The van der Waals surface area contributed by atoms with E-state index in [1.165, 1.54) is 0 Å². The monoisotopic (exact) mass is 371 g/mol. The van der Waals surface area contributed by atoms with Crippen LogP contribution in [0.3, 0.4) is 0 Å². The molecule has 26 heavy (non-hydrogen) atoms. The van der Waals surface area contributed by atoms with Crippen LogP contribution in [0.4, 0.5) is 0 Å². The van der Waals surface area contributed by atoms with E-state index in [9.17, 15) is 9.90 Å². The Balaban J connectivity index is 2.03. The fourth-order valence-electron chi connectivity index (χ4n) is 2.98. The molecular formula is C21H22ClNO3. The summed E-state index contributed by atoms with van der Waals surface area (Å²) in [5.74, 6) is -0.611. The van der Waals surface area contributed by atoms with Gasteiger partial charge in [-0.1, -0.05) is 41.9 Å². The number of nitrogens with zero attached hydrogens (tertiary/aromatic N) is 1. The van der Waals surface area contributed by atoms with Crippen molar-refractivity contribution in [3.8, 4) is 0 Å². The first-order valence-electron chi connectivity index (χ1n) is 8.49. The maximum Gasteiger partial charge on any atom is 0.359 e. The van der Waals surface area contributed by atoms with Crippen LogP contribution in [0, 0.1) is 0 Å². The van der Waals surface area contributed by atoms with E-state index < -0.39 is 11.6 Å². The largest absolute Gasteiger partial charge is 0.505 e. The van der Waals surface area contributed by atoms with Gasteiger partial charge in [-0.15, -0.1) is 0 Å². The van der Waals surface area contributed by atoms with E-state index in [-0.39, 0.29) is 11.5 Å². The molecule has 1 aliphatic heterocycles. The SMILES string of the molecule is CC(C)(C)OC(=O)C1=C(O)c2ccc(Cl)cc2CN1Cc1ccccc1. The molecule has 5 heteroatoms. The molecule has 1 heterocycles. The van der Waals surface area contributed by atoms with Crippen LogP contribution in [-0.2, 0) is 22.6 Å². The Bertz CT molecular complexity index is 853. The van der Waals surface area contributed by atoms with Crippen molar-refractivity contribution < 1.29 is 14.6 Å². The van der Waals surface area contributed by atoms with Gasteiger partial charge in [-0.2, -0.15) is 0 Å². The topological polar surface area (TPSA) is 49.8 Å². The predicted molar refractivity (Wildman–Crippen MR) is 103 cm³/mol. The molecule has 0 unspecified atom stereocenters. The van der Waals surface area contributed by atoms with Crippen molar-refractivity contribution in [2.75, 3.05) is 0 Å². The fraction of sp³-hybridized carbons (Fsp3) is 0.286. The van der Waals surface area contributed by atoms with Crippen LogP contribution in [-0.4, -0.2) is 21.6 Å². The molecule has 2 aromatic rings. The summed E-state index contributed by atoms with van der Waals surface area (Å²) in [5.41, 5.74) is 2.05. The highest BCUT2D eigenvalue weighted by Gasteiger charge is 2.32. The van der Waals surface area contributed by atoms with Crippen LogP contribution in [0.25, 0.3) is 5.76 Å². The minimum Gasteiger partial charge on any atom is -0.505 e. The summed E-state index contributed by atoms with van der Waals surface area (Å²) in [5, 5.41) is 11.4. The number of benzene rings is 2. The lowest BCUT2D eigenvalue weighted by Crippen LogP contribution is -2.35. The van der Waals surface area contributed by atoms with Gasteiger partial charge in [-0.05, 0) is 50.1 Å². The second kappa shape index (κ2) is 7.04. The molecule has 1 N–H and O–H groups in total. The van der Waals surface area contributed by atoms with Crippen molar-refractivity contribution >= 4 is 23.3 Å². The number of aliphatic hydroxyl groups is 1. The number of ether oxygens (including phenoxy) is 1. The van der Waals surface area contributed by atoms with Crippen LogP contribution in [0.2, 0.25) is 5.02 Å². The summed E-state index contributed by atoms with van der Waals surface area (Å²) >= 11 is 6.11. The Labute approximate surface area is 158 Å². The average Bonchev–Trinajstić information content (AvgIpc) is 2.53. The molecule has 0 saturated heterocycles. The summed E-state index contributed by atoms with van der Waals surface area (Å²) in [6.07, 6.45) is 0. The van der Waals surface area contributed by atoms with E-state index in [1.807, 2.05) is 41.3 Å². The Morgan fingerprint density at radius 1 is 1.19 bits per heavy atom. The summed E-state index contributed by atoms with van der Waals surface area (Å²) in [4.78, 5) is 14.6. The zero-order valence-electron chi connectivity index (χ0n) is 15.1. The highest BCUT2D eigenvalue weighted by molar-refractivity contribution is 6.30. The van der Waals surface area contributed by atoms with Crippen LogP contribution < -0.4 is 0 Å². The number of aliphatic hydroxyl groups excluding tert-OH is 1. The molecular weight excluding hydrogens is 350 g/mol. The molecule has 0 bridgehead atoms. The standard InChI is InChI=1S/C21H22ClNO3/c1-21(2,3)26-20(25)18-19(24)17-10-9-16(22)11-15(17)13-23(18)12-14-7-5-4-6-8-14/h4-11,24H,12-13H2,1-3H3. The van der Waals surface area contributed by atoms with Gasteiger partial charge in [0.1, 0.15) is 5.60 Å². The third kappa shape index (κ3) is 4.02. The average molecular weight is 372 g/mol. The smallest absolute Gasteiger partial charge is 0.359 e. The number of rotatable bonds is 3. The lowest BCUT2D eigenvalue weighted by Gasteiger charge is -2.33. The van der Waals surface area contributed by atoms with Crippen molar-refractivity contribution in [2.45, 2.75) is 39.5 Å². The molecule has 136 valence electrons. The molecule has 1 aliphatic rings. The van der Waals surface area contributed by atoms with Gasteiger partial charge >= 0.3 is 5.97 Å². The second-order valence-corrected chi connectivity index (χ2v) is 7.78. The maximum atomic E-state index is 12.8. The van der Waals surface area contributed by atoms with Crippen molar-refractivity contribution in [1.82, 2.24) is 4.90 Å².